The van der Waals surface area contributed by atoms with Crippen LogP contribution in [0.4, 0.5) is 13.2 Å². The summed E-state index contributed by atoms with van der Waals surface area (Å²) in [5, 5.41) is -0.385. The van der Waals surface area contributed by atoms with E-state index in [9.17, 15) is 22.2 Å². The maximum absolute atomic E-state index is 13.6. The van der Waals surface area contributed by atoms with E-state index in [1.165, 1.54) is 37.1 Å². The SMILES string of the molecule is COc1ccc(Cn2cc(-c3cc(C(F)(F)F)nc(S(=O)CN4CCCC4)n3)ccc2=O)cc1OC. The molecule has 8 nitrogen and oxygen atoms in total. The number of benzene rings is 1. The lowest BCUT2D eigenvalue weighted by Crippen LogP contribution is -2.25. The van der Waals surface area contributed by atoms with Crippen LogP contribution in [-0.2, 0) is 23.5 Å². The summed E-state index contributed by atoms with van der Waals surface area (Å²) in [5.74, 6) is 1.08. The molecule has 0 amide bonds. The zero-order valence-electron chi connectivity index (χ0n) is 19.7. The third kappa shape index (κ3) is 5.93. The van der Waals surface area contributed by atoms with Crippen molar-refractivity contribution < 1.29 is 26.9 Å². The first-order valence-corrected chi connectivity index (χ1v) is 12.5. The van der Waals surface area contributed by atoms with Gasteiger partial charge in [0.2, 0.25) is 5.16 Å². The Morgan fingerprint density at radius 2 is 1.72 bits per heavy atom. The average Bonchev–Trinajstić information content (AvgIpc) is 3.37. The molecule has 1 unspecified atom stereocenters. The summed E-state index contributed by atoms with van der Waals surface area (Å²) in [5.41, 5.74) is -0.616. The number of halogens is 3. The molecule has 0 radical (unpaired) electrons. The molecule has 36 heavy (non-hydrogen) atoms. The molecule has 0 spiro atoms. The molecule has 1 aliphatic rings. The monoisotopic (exact) mass is 522 g/mol. The van der Waals surface area contributed by atoms with Crippen LogP contribution in [0, 0.1) is 0 Å². The van der Waals surface area contributed by atoms with Crippen molar-refractivity contribution in [2.45, 2.75) is 30.7 Å². The lowest BCUT2D eigenvalue weighted by atomic mass is 10.1. The van der Waals surface area contributed by atoms with Crippen LogP contribution >= 0.6 is 0 Å². The first kappa shape index (κ1) is 25.8. The Labute approximate surface area is 208 Å². The average molecular weight is 523 g/mol. The van der Waals surface area contributed by atoms with Gasteiger partial charge in [-0.25, -0.2) is 14.2 Å². The summed E-state index contributed by atoms with van der Waals surface area (Å²) in [7, 11) is 1.16. The largest absolute Gasteiger partial charge is 0.493 e. The standard InChI is InChI=1S/C24H25F3N4O4S/c1-34-19-7-5-16(11-20(19)35-2)13-31-14-17(6-8-22(31)32)18-12-21(24(25,26)27)29-23(28-18)36(33)15-30-9-3-4-10-30/h5-8,11-12,14H,3-4,9-10,13,15H2,1-2H3. The van der Waals surface area contributed by atoms with Crippen molar-refractivity contribution in [3.05, 3.63) is 64.2 Å². The van der Waals surface area contributed by atoms with Gasteiger partial charge < -0.3 is 14.0 Å². The van der Waals surface area contributed by atoms with Crippen LogP contribution in [0.1, 0.15) is 24.1 Å². The normalized spacial score (nSPS) is 15.1. The van der Waals surface area contributed by atoms with Crippen molar-refractivity contribution >= 4 is 10.8 Å². The lowest BCUT2D eigenvalue weighted by Gasteiger charge is -2.15. The summed E-state index contributed by atoms with van der Waals surface area (Å²) in [6.45, 7) is 1.61. The fourth-order valence-corrected chi connectivity index (χ4v) is 5.04. The van der Waals surface area contributed by atoms with Gasteiger partial charge in [-0.15, -0.1) is 0 Å². The number of aromatic nitrogens is 3. The van der Waals surface area contributed by atoms with Gasteiger partial charge in [-0.3, -0.25) is 9.69 Å². The molecular formula is C24H25F3N4O4S. The molecule has 2 aromatic heterocycles. The van der Waals surface area contributed by atoms with E-state index in [0.717, 1.165) is 37.6 Å². The summed E-state index contributed by atoms with van der Waals surface area (Å²) in [6.07, 6.45) is -1.42. The van der Waals surface area contributed by atoms with Gasteiger partial charge in [-0.2, -0.15) is 13.2 Å². The van der Waals surface area contributed by atoms with Crippen LogP contribution < -0.4 is 15.0 Å². The second-order valence-corrected chi connectivity index (χ2v) is 9.61. The van der Waals surface area contributed by atoms with Crippen molar-refractivity contribution in [2.75, 3.05) is 33.2 Å². The number of methoxy groups -OCH3 is 2. The topological polar surface area (TPSA) is 86.6 Å². The molecule has 12 heteroatoms. The van der Waals surface area contributed by atoms with Crippen LogP contribution in [0.3, 0.4) is 0 Å². The van der Waals surface area contributed by atoms with Gasteiger partial charge in [0.25, 0.3) is 5.56 Å². The van der Waals surface area contributed by atoms with E-state index >= 15 is 0 Å². The van der Waals surface area contributed by atoms with Crippen molar-refractivity contribution in [1.82, 2.24) is 19.4 Å². The number of nitrogens with zero attached hydrogens (tertiary/aromatic N) is 4. The van der Waals surface area contributed by atoms with Gasteiger partial charge in [0.05, 0.1) is 32.3 Å². The molecule has 1 aromatic carbocycles. The van der Waals surface area contributed by atoms with Crippen LogP contribution in [-0.4, -0.2) is 56.8 Å². The summed E-state index contributed by atoms with van der Waals surface area (Å²) < 4.78 is 65.6. The Hall–Kier alpha value is -3.25. The molecule has 1 fully saturated rings. The summed E-state index contributed by atoms with van der Waals surface area (Å²) in [4.78, 5) is 22.2. The molecule has 0 aliphatic carbocycles. The number of hydrogen-bond donors (Lipinski definition) is 0. The van der Waals surface area contributed by atoms with E-state index in [2.05, 4.69) is 9.97 Å². The number of pyridine rings is 1. The van der Waals surface area contributed by atoms with E-state index in [-0.39, 0.29) is 34.4 Å². The number of hydrogen-bond acceptors (Lipinski definition) is 7. The Kier molecular flexibility index (Phi) is 7.74. The Balaban J connectivity index is 1.69. The second-order valence-electron chi connectivity index (χ2n) is 8.29. The first-order valence-electron chi connectivity index (χ1n) is 11.2. The Bertz CT molecular complexity index is 1320. The molecule has 192 valence electrons. The highest BCUT2D eigenvalue weighted by molar-refractivity contribution is 7.84. The number of alkyl halides is 3. The van der Waals surface area contributed by atoms with E-state index < -0.39 is 22.7 Å². The fraction of sp³-hybridized carbons (Fsp3) is 0.375. The molecule has 0 bridgehead atoms. The van der Waals surface area contributed by atoms with Crippen LogP contribution in [0.15, 0.2) is 52.5 Å². The van der Waals surface area contributed by atoms with Crippen molar-refractivity contribution in [2.24, 2.45) is 0 Å². The third-order valence-electron chi connectivity index (χ3n) is 5.78. The molecule has 1 atom stereocenters. The van der Waals surface area contributed by atoms with Crippen molar-refractivity contribution in [1.29, 1.82) is 0 Å². The predicted molar refractivity (Wildman–Crippen MR) is 127 cm³/mol. The molecule has 3 heterocycles. The van der Waals surface area contributed by atoms with Gasteiger partial charge in [-0.05, 0) is 55.8 Å². The zero-order chi connectivity index (χ0) is 25.9. The van der Waals surface area contributed by atoms with Crippen LogP contribution in [0.2, 0.25) is 0 Å². The van der Waals surface area contributed by atoms with Crippen LogP contribution in [0.25, 0.3) is 11.3 Å². The number of likely N-dealkylation sites (tertiary alicyclic amines) is 1. The highest BCUT2D eigenvalue weighted by Crippen LogP contribution is 2.31. The molecule has 0 N–H and O–H groups in total. The number of ether oxygens (including phenoxy) is 2. The fourth-order valence-electron chi connectivity index (χ4n) is 3.94. The smallest absolute Gasteiger partial charge is 0.433 e. The minimum absolute atomic E-state index is 0.0665. The highest BCUT2D eigenvalue weighted by Gasteiger charge is 2.34. The van der Waals surface area contributed by atoms with Gasteiger partial charge in [0.1, 0.15) is 16.5 Å². The lowest BCUT2D eigenvalue weighted by molar-refractivity contribution is -0.141. The van der Waals surface area contributed by atoms with E-state index in [1.54, 1.807) is 18.2 Å². The van der Waals surface area contributed by atoms with Gasteiger partial charge in [0.15, 0.2) is 11.5 Å². The van der Waals surface area contributed by atoms with Crippen LogP contribution in [0.5, 0.6) is 11.5 Å². The Morgan fingerprint density at radius 1 is 1.00 bits per heavy atom. The van der Waals surface area contributed by atoms with Gasteiger partial charge in [0, 0.05) is 17.8 Å². The predicted octanol–water partition coefficient (Wildman–Crippen LogP) is 3.55. The number of rotatable bonds is 8. The maximum Gasteiger partial charge on any atom is 0.433 e. The minimum atomic E-state index is -4.75. The van der Waals surface area contributed by atoms with E-state index in [0.29, 0.717) is 11.5 Å². The first-order chi connectivity index (χ1) is 17.2. The molecule has 0 saturated carbocycles. The molecule has 1 aliphatic heterocycles. The minimum Gasteiger partial charge on any atom is -0.493 e. The molecular weight excluding hydrogens is 497 g/mol. The second kappa shape index (κ2) is 10.8. The summed E-state index contributed by atoms with van der Waals surface area (Å²) in [6, 6.07) is 8.62. The van der Waals surface area contributed by atoms with Crippen molar-refractivity contribution in [3.8, 4) is 22.8 Å². The van der Waals surface area contributed by atoms with Crippen molar-refractivity contribution in [3.63, 3.8) is 0 Å². The zero-order valence-corrected chi connectivity index (χ0v) is 20.6. The van der Waals surface area contributed by atoms with E-state index in [4.69, 9.17) is 9.47 Å². The third-order valence-corrected chi connectivity index (χ3v) is 6.97. The molecule has 4 rings (SSSR count). The Morgan fingerprint density at radius 3 is 2.39 bits per heavy atom. The van der Waals surface area contributed by atoms with E-state index in [1.807, 2.05) is 4.90 Å². The summed E-state index contributed by atoms with van der Waals surface area (Å²) >= 11 is 0. The van der Waals surface area contributed by atoms with Gasteiger partial charge in [-0.1, -0.05) is 6.07 Å². The van der Waals surface area contributed by atoms with Gasteiger partial charge >= 0.3 is 6.18 Å². The molecule has 1 saturated heterocycles. The maximum atomic E-state index is 13.6. The quantitative estimate of drug-likeness (QED) is 0.418. The molecule has 3 aromatic rings. The highest BCUT2D eigenvalue weighted by atomic mass is 32.2.